The summed E-state index contributed by atoms with van der Waals surface area (Å²) in [6.07, 6.45) is 1.57. The summed E-state index contributed by atoms with van der Waals surface area (Å²) in [5, 5.41) is 1.01. The standard InChI is InChI=1S/C14H17F2NO4S/c1-9(14(18)17-8-11-3-2-6-21-11)22(19,20)13-5-4-10(15)7-12(13)16/h4-5,7,9,11H,2-3,6,8H2,1H3,(H,17,18). The molecule has 1 N–H and O–H groups in total. The van der Waals surface area contributed by atoms with Crippen molar-refractivity contribution in [2.75, 3.05) is 13.2 Å². The first-order valence-electron chi connectivity index (χ1n) is 6.90. The third kappa shape index (κ3) is 3.61. The molecule has 1 fully saturated rings. The Morgan fingerprint density at radius 1 is 1.45 bits per heavy atom. The molecule has 1 aromatic rings. The summed E-state index contributed by atoms with van der Waals surface area (Å²) in [5.74, 6) is -2.83. The number of hydrogen-bond donors (Lipinski definition) is 1. The van der Waals surface area contributed by atoms with Crippen LogP contribution in [0.3, 0.4) is 0 Å². The van der Waals surface area contributed by atoms with Gasteiger partial charge in [-0.1, -0.05) is 0 Å². The Bertz CT molecular complexity index is 657. The van der Waals surface area contributed by atoms with Crippen LogP contribution in [0.4, 0.5) is 8.78 Å². The van der Waals surface area contributed by atoms with E-state index in [1.165, 1.54) is 6.92 Å². The van der Waals surface area contributed by atoms with Crippen molar-refractivity contribution in [2.45, 2.75) is 36.0 Å². The molecule has 1 saturated heterocycles. The van der Waals surface area contributed by atoms with Crippen LogP contribution in [-0.2, 0) is 19.4 Å². The molecule has 22 heavy (non-hydrogen) atoms. The summed E-state index contributed by atoms with van der Waals surface area (Å²) in [6, 6.07) is 2.14. The average Bonchev–Trinajstić information content (AvgIpc) is 2.96. The van der Waals surface area contributed by atoms with E-state index in [1.807, 2.05) is 0 Å². The van der Waals surface area contributed by atoms with Gasteiger partial charge in [-0.25, -0.2) is 17.2 Å². The van der Waals surface area contributed by atoms with E-state index in [0.717, 1.165) is 25.0 Å². The van der Waals surface area contributed by atoms with Gasteiger partial charge in [0.05, 0.1) is 6.10 Å². The fourth-order valence-electron chi connectivity index (χ4n) is 2.20. The van der Waals surface area contributed by atoms with Gasteiger partial charge in [-0.3, -0.25) is 4.79 Å². The lowest BCUT2D eigenvalue weighted by atomic mass is 10.2. The molecule has 1 heterocycles. The smallest absolute Gasteiger partial charge is 0.238 e. The van der Waals surface area contributed by atoms with Gasteiger partial charge >= 0.3 is 0 Å². The number of halogens is 2. The third-order valence-corrected chi connectivity index (χ3v) is 5.65. The van der Waals surface area contributed by atoms with E-state index in [0.29, 0.717) is 12.7 Å². The first kappa shape index (κ1) is 16.8. The van der Waals surface area contributed by atoms with Crippen molar-refractivity contribution in [3.63, 3.8) is 0 Å². The molecule has 0 spiro atoms. The maximum atomic E-state index is 13.6. The molecule has 0 aliphatic carbocycles. The maximum Gasteiger partial charge on any atom is 0.238 e. The molecule has 2 unspecified atom stereocenters. The first-order valence-corrected chi connectivity index (χ1v) is 8.45. The van der Waals surface area contributed by atoms with Gasteiger partial charge in [0.25, 0.3) is 0 Å². The second-order valence-corrected chi connectivity index (χ2v) is 7.38. The summed E-state index contributed by atoms with van der Waals surface area (Å²) < 4.78 is 56.3. The molecule has 0 saturated carbocycles. The summed E-state index contributed by atoms with van der Waals surface area (Å²) >= 11 is 0. The maximum absolute atomic E-state index is 13.6. The van der Waals surface area contributed by atoms with Crippen LogP contribution in [0.25, 0.3) is 0 Å². The highest BCUT2D eigenvalue weighted by Crippen LogP contribution is 2.21. The van der Waals surface area contributed by atoms with Crippen molar-refractivity contribution >= 4 is 15.7 Å². The molecule has 0 bridgehead atoms. The van der Waals surface area contributed by atoms with Gasteiger partial charge < -0.3 is 10.1 Å². The van der Waals surface area contributed by atoms with Gasteiger partial charge in [0.15, 0.2) is 9.84 Å². The minimum Gasteiger partial charge on any atom is -0.376 e. The zero-order chi connectivity index (χ0) is 16.3. The van der Waals surface area contributed by atoms with Crippen LogP contribution in [0.15, 0.2) is 23.1 Å². The lowest BCUT2D eigenvalue weighted by Crippen LogP contribution is -2.41. The number of benzene rings is 1. The zero-order valence-corrected chi connectivity index (χ0v) is 12.8. The van der Waals surface area contributed by atoms with E-state index in [4.69, 9.17) is 4.74 Å². The molecule has 1 aliphatic heterocycles. The Labute approximate surface area is 127 Å². The highest BCUT2D eigenvalue weighted by molar-refractivity contribution is 7.92. The molecular weight excluding hydrogens is 316 g/mol. The van der Waals surface area contributed by atoms with Crippen molar-refractivity contribution in [3.05, 3.63) is 29.8 Å². The number of rotatable bonds is 5. The molecule has 2 rings (SSSR count). The molecular formula is C14H17F2NO4S. The minimum atomic E-state index is -4.23. The van der Waals surface area contributed by atoms with Gasteiger partial charge in [0, 0.05) is 19.2 Å². The highest BCUT2D eigenvalue weighted by Gasteiger charge is 2.32. The van der Waals surface area contributed by atoms with Gasteiger partial charge in [-0.15, -0.1) is 0 Å². The summed E-state index contributed by atoms with van der Waals surface area (Å²) in [7, 11) is -4.23. The van der Waals surface area contributed by atoms with Crippen LogP contribution in [0, 0.1) is 11.6 Å². The zero-order valence-electron chi connectivity index (χ0n) is 12.0. The van der Waals surface area contributed by atoms with E-state index in [-0.39, 0.29) is 12.6 Å². The van der Waals surface area contributed by atoms with Crippen LogP contribution in [0.2, 0.25) is 0 Å². The van der Waals surface area contributed by atoms with Gasteiger partial charge in [-0.05, 0) is 31.9 Å². The predicted molar refractivity (Wildman–Crippen MR) is 75.0 cm³/mol. The number of carbonyl (C=O) groups excluding carboxylic acids is 1. The monoisotopic (exact) mass is 333 g/mol. The van der Waals surface area contributed by atoms with Gasteiger partial charge in [0.1, 0.15) is 21.8 Å². The number of nitrogens with one attached hydrogen (secondary N) is 1. The highest BCUT2D eigenvalue weighted by atomic mass is 32.2. The van der Waals surface area contributed by atoms with Crippen molar-refractivity contribution in [1.29, 1.82) is 0 Å². The molecule has 8 heteroatoms. The van der Waals surface area contributed by atoms with Crippen molar-refractivity contribution in [1.82, 2.24) is 5.32 Å². The molecule has 5 nitrogen and oxygen atoms in total. The van der Waals surface area contributed by atoms with Gasteiger partial charge in [0.2, 0.25) is 5.91 Å². The number of carbonyl (C=O) groups is 1. The summed E-state index contributed by atoms with van der Waals surface area (Å²) in [5.41, 5.74) is 0. The topological polar surface area (TPSA) is 72.5 Å². The normalized spacial score (nSPS) is 19.9. The Hall–Kier alpha value is -1.54. The number of ether oxygens (including phenoxy) is 1. The quantitative estimate of drug-likeness (QED) is 0.827. The van der Waals surface area contributed by atoms with E-state index in [1.54, 1.807) is 0 Å². The van der Waals surface area contributed by atoms with Crippen molar-refractivity contribution in [2.24, 2.45) is 0 Å². The fourth-order valence-corrected chi connectivity index (χ4v) is 3.54. The Morgan fingerprint density at radius 3 is 2.77 bits per heavy atom. The van der Waals surface area contributed by atoms with Crippen LogP contribution < -0.4 is 5.32 Å². The van der Waals surface area contributed by atoms with E-state index in [9.17, 15) is 22.0 Å². The molecule has 1 aliphatic rings. The first-order chi connectivity index (χ1) is 10.3. The number of amides is 1. The molecule has 1 amide bonds. The van der Waals surface area contributed by atoms with Crippen LogP contribution in [0.1, 0.15) is 19.8 Å². The second-order valence-electron chi connectivity index (χ2n) is 5.14. The SMILES string of the molecule is CC(C(=O)NCC1CCCO1)S(=O)(=O)c1ccc(F)cc1F. The van der Waals surface area contributed by atoms with Gasteiger partial charge in [-0.2, -0.15) is 0 Å². The summed E-state index contributed by atoms with van der Waals surface area (Å²) in [6.45, 7) is 2.00. The molecule has 2 atom stereocenters. The van der Waals surface area contributed by atoms with Crippen molar-refractivity contribution < 1.29 is 26.7 Å². The van der Waals surface area contributed by atoms with E-state index < -0.39 is 37.5 Å². The summed E-state index contributed by atoms with van der Waals surface area (Å²) in [4.78, 5) is 11.3. The molecule has 1 aromatic carbocycles. The molecule has 122 valence electrons. The average molecular weight is 333 g/mol. The largest absolute Gasteiger partial charge is 0.376 e. The number of hydrogen-bond acceptors (Lipinski definition) is 4. The van der Waals surface area contributed by atoms with E-state index >= 15 is 0 Å². The van der Waals surface area contributed by atoms with Crippen LogP contribution in [-0.4, -0.2) is 38.8 Å². The fraction of sp³-hybridized carbons (Fsp3) is 0.500. The lowest BCUT2D eigenvalue weighted by molar-refractivity contribution is -0.120. The predicted octanol–water partition coefficient (Wildman–Crippen LogP) is 1.42. The lowest BCUT2D eigenvalue weighted by Gasteiger charge is -2.16. The Morgan fingerprint density at radius 2 is 2.18 bits per heavy atom. The van der Waals surface area contributed by atoms with Crippen LogP contribution >= 0.6 is 0 Å². The molecule has 0 aromatic heterocycles. The Kier molecular flexibility index (Phi) is 5.12. The second kappa shape index (κ2) is 6.70. The van der Waals surface area contributed by atoms with Crippen LogP contribution in [0.5, 0.6) is 0 Å². The molecule has 0 radical (unpaired) electrons. The minimum absolute atomic E-state index is 0.124. The Balaban J connectivity index is 2.08. The number of sulfone groups is 1. The van der Waals surface area contributed by atoms with Crippen molar-refractivity contribution in [3.8, 4) is 0 Å². The third-order valence-electron chi connectivity index (χ3n) is 3.56. The van der Waals surface area contributed by atoms with E-state index in [2.05, 4.69) is 5.32 Å².